The SMILES string of the molecule is COCC(c1ccccc1)/[N+]([O-])=C/c1ccccc1. The molecular weight excluding hydrogens is 238 g/mol. The van der Waals surface area contributed by atoms with Crippen LogP contribution in [-0.4, -0.2) is 24.7 Å². The van der Waals surface area contributed by atoms with E-state index in [0.717, 1.165) is 15.9 Å². The predicted octanol–water partition coefficient (Wildman–Crippen LogP) is 3.00. The summed E-state index contributed by atoms with van der Waals surface area (Å²) in [6, 6.07) is 18.9. The number of methoxy groups -OCH3 is 1. The highest BCUT2D eigenvalue weighted by Gasteiger charge is 2.18. The number of benzene rings is 2. The molecular formula is C16H17NO2. The Morgan fingerprint density at radius 2 is 1.63 bits per heavy atom. The average molecular weight is 255 g/mol. The summed E-state index contributed by atoms with van der Waals surface area (Å²) < 4.78 is 6.11. The molecule has 0 fully saturated rings. The first-order valence-electron chi connectivity index (χ1n) is 6.20. The van der Waals surface area contributed by atoms with Crippen molar-refractivity contribution >= 4 is 6.21 Å². The van der Waals surface area contributed by atoms with Crippen molar-refractivity contribution in [3.8, 4) is 0 Å². The van der Waals surface area contributed by atoms with Gasteiger partial charge >= 0.3 is 0 Å². The highest BCUT2D eigenvalue weighted by atomic mass is 16.5. The maximum absolute atomic E-state index is 12.3. The summed E-state index contributed by atoms with van der Waals surface area (Å²) in [4.78, 5) is 0. The molecule has 2 aromatic carbocycles. The first-order chi connectivity index (χ1) is 9.31. The molecule has 3 nitrogen and oxygen atoms in total. The Morgan fingerprint density at radius 3 is 2.21 bits per heavy atom. The summed E-state index contributed by atoms with van der Waals surface area (Å²) in [6.45, 7) is 0.358. The zero-order valence-corrected chi connectivity index (χ0v) is 10.9. The van der Waals surface area contributed by atoms with E-state index in [0.29, 0.717) is 6.61 Å². The van der Waals surface area contributed by atoms with Gasteiger partial charge in [-0.1, -0.05) is 48.5 Å². The first kappa shape index (κ1) is 13.3. The fourth-order valence-corrected chi connectivity index (χ4v) is 1.93. The van der Waals surface area contributed by atoms with Gasteiger partial charge in [-0.25, -0.2) is 4.74 Å². The molecule has 2 aromatic rings. The molecule has 1 atom stereocenters. The molecule has 0 saturated heterocycles. The summed E-state index contributed by atoms with van der Waals surface area (Å²) in [5, 5.41) is 12.3. The van der Waals surface area contributed by atoms with E-state index in [1.807, 2.05) is 60.7 Å². The molecule has 98 valence electrons. The van der Waals surface area contributed by atoms with E-state index in [9.17, 15) is 5.21 Å². The Labute approximate surface area is 113 Å². The molecule has 0 aliphatic heterocycles. The molecule has 0 saturated carbocycles. The largest absolute Gasteiger partial charge is 0.623 e. The fraction of sp³-hybridized carbons (Fsp3) is 0.188. The summed E-state index contributed by atoms with van der Waals surface area (Å²) in [6.07, 6.45) is 1.59. The number of hydrogen-bond donors (Lipinski definition) is 0. The number of nitrogens with zero attached hydrogens (tertiary/aromatic N) is 1. The van der Waals surface area contributed by atoms with E-state index in [2.05, 4.69) is 0 Å². The van der Waals surface area contributed by atoms with Crippen molar-refractivity contribution in [2.45, 2.75) is 6.04 Å². The number of hydroxylamine groups is 1. The van der Waals surface area contributed by atoms with Crippen molar-refractivity contribution in [1.82, 2.24) is 0 Å². The van der Waals surface area contributed by atoms with Gasteiger partial charge < -0.3 is 9.94 Å². The van der Waals surface area contributed by atoms with Gasteiger partial charge in [0.2, 0.25) is 6.04 Å². The second kappa shape index (κ2) is 6.71. The highest BCUT2D eigenvalue weighted by molar-refractivity contribution is 5.75. The van der Waals surface area contributed by atoms with Crippen LogP contribution in [0.3, 0.4) is 0 Å². The Hall–Kier alpha value is -2.13. The van der Waals surface area contributed by atoms with Gasteiger partial charge in [0.25, 0.3) is 0 Å². The van der Waals surface area contributed by atoms with Crippen LogP contribution in [0, 0.1) is 5.21 Å². The van der Waals surface area contributed by atoms with Crippen LogP contribution in [0.1, 0.15) is 17.2 Å². The Morgan fingerprint density at radius 1 is 1.05 bits per heavy atom. The average Bonchev–Trinajstić information content (AvgIpc) is 2.46. The van der Waals surface area contributed by atoms with Crippen LogP contribution in [0.5, 0.6) is 0 Å². The van der Waals surface area contributed by atoms with Gasteiger partial charge in [-0.3, -0.25) is 0 Å². The third-order valence-electron chi connectivity index (χ3n) is 2.89. The number of hydrogen-bond acceptors (Lipinski definition) is 2. The van der Waals surface area contributed by atoms with Crippen molar-refractivity contribution in [2.75, 3.05) is 13.7 Å². The fourth-order valence-electron chi connectivity index (χ4n) is 1.93. The topological polar surface area (TPSA) is 35.3 Å². The minimum atomic E-state index is -0.327. The second-order valence-corrected chi connectivity index (χ2v) is 4.28. The summed E-state index contributed by atoms with van der Waals surface area (Å²) in [5.41, 5.74) is 1.83. The maximum atomic E-state index is 12.3. The minimum absolute atomic E-state index is 0.327. The van der Waals surface area contributed by atoms with E-state index in [1.54, 1.807) is 13.3 Å². The molecule has 0 radical (unpaired) electrons. The van der Waals surface area contributed by atoms with Gasteiger partial charge in [-0.15, -0.1) is 0 Å². The van der Waals surface area contributed by atoms with Gasteiger partial charge in [0.05, 0.1) is 0 Å². The second-order valence-electron chi connectivity index (χ2n) is 4.28. The van der Waals surface area contributed by atoms with Crippen LogP contribution in [0.2, 0.25) is 0 Å². The van der Waals surface area contributed by atoms with Crippen LogP contribution >= 0.6 is 0 Å². The van der Waals surface area contributed by atoms with Crippen LogP contribution in [0.25, 0.3) is 0 Å². The highest BCUT2D eigenvalue weighted by Crippen LogP contribution is 2.16. The molecule has 0 spiro atoms. The van der Waals surface area contributed by atoms with Gasteiger partial charge in [0.1, 0.15) is 6.61 Å². The number of ether oxygens (including phenoxy) is 1. The lowest BCUT2D eigenvalue weighted by atomic mass is 10.1. The van der Waals surface area contributed by atoms with Gasteiger partial charge in [-0.05, 0) is 12.1 Å². The maximum Gasteiger partial charge on any atom is 0.211 e. The third kappa shape index (κ3) is 3.66. The molecule has 2 rings (SSSR count). The molecule has 0 bridgehead atoms. The van der Waals surface area contributed by atoms with Crippen molar-refractivity contribution in [2.24, 2.45) is 0 Å². The molecule has 0 N–H and O–H groups in total. The van der Waals surface area contributed by atoms with E-state index in [1.165, 1.54) is 0 Å². The van der Waals surface area contributed by atoms with Crippen LogP contribution in [0.15, 0.2) is 60.7 Å². The zero-order chi connectivity index (χ0) is 13.5. The molecule has 19 heavy (non-hydrogen) atoms. The summed E-state index contributed by atoms with van der Waals surface area (Å²) in [5.74, 6) is 0. The monoisotopic (exact) mass is 255 g/mol. The number of rotatable bonds is 5. The minimum Gasteiger partial charge on any atom is -0.623 e. The molecule has 0 aliphatic rings. The van der Waals surface area contributed by atoms with Gasteiger partial charge in [-0.2, -0.15) is 0 Å². The van der Waals surface area contributed by atoms with Crippen LogP contribution in [0.4, 0.5) is 0 Å². The normalized spacial score (nSPS) is 13.2. The molecule has 1 unspecified atom stereocenters. The molecule has 0 amide bonds. The Bertz CT molecular complexity index is 523. The standard InChI is InChI=1S/C16H17NO2/c1-19-13-16(15-10-6-3-7-11-15)17(18)12-14-8-4-2-5-9-14/h2-12,16H,13H2,1H3/b17-12-. The van der Waals surface area contributed by atoms with E-state index >= 15 is 0 Å². The van der Waals surface area contributed by atoms with Crippen molar-refractivity contribution in [3.05, 3.63) is 77.0 Å². The smallest absolute Gasteiger partial charge is 0.211 e. The molecule has 3 heteroatoms. The third-order valence-corrected chi connectivity index (χ3v) is 2.89. The van der Waals surface area contributed by atoms with E-state index in [4.69, 9.17) is 4.74 Å². The van der Waals surface area contributed by atoms with Crippen molar-refractivity contribution < 1.29 is 9.48 Å². The Balaban J connectivity index is 2.27. The van der Waals surface area contributed by atoms with Gasteiger partial charge in [0, 0.05) is 18.2 Å². The van der Waals surface area contributed by atoms with Crippen molar-refractivity contribution in [3.63, 3.8) is 0 Å². The lowest BCUT2D eigenvalue weighted by Crippen LogP contribution is -2.19. The Kier molecular flexibility index (Phi) is 4.70. The van der Waals surface area contributed by atoms with E-state index < -0.39 is 0 Å². The van der Waals surface area contributed by atoms with Crippen LogP contribution in [-0.2, 0) is 4.74 Å². The lowest BCUT2D eigenvalue weighted by Gasteiger charge is -2.16. The van der Waals surface area contributed by atoms with Crippen molar-refractivity contribution in [1.29, 1.82) is 0 Å². The summed E-state index contributed by atoms with van der Waals surface area (Å²) >= 11 is 0. The van der Waals surface area contributed by atoms with Crippen LogP contribution < -0.4 is 0 Å². The first-order valence-corrected chi connectivity index (χ1v) is 6.20. The molecule has 0 aliphatic carbocycles. The van der Waals surface area contributed by atoms with Gasteiger partial charge in [0.15, 0.2) is 6.21 Å². The van der Waals surface area contributed by atoms with E-state index in [-0.39, 0.29) is 6.04 Å². The zero-order valence-electron chi connectivity index (χ0n) is 10.9. The molecule has 0 aromatic heterocycles. The quantitative estimate of drug-likeness (QED) is 0.356. The lowest BCUT2D eigenvalue weighted by molar-refractivity contribution is -0.507. The molecule has 0 heterocycles. The summed E-state index contributed by atoms with van der Waals surface area (Å²) in [7, 11) is 1.60. The predicted molar refractivity (Wildman–Crippen MR) is 76.3 cm³/mol.